The van der Waals surface area contributed by atoms with Gasteiger partial charge in [0.1, 0.15) is 0 Å². The van der Waals surface area contributed by atoms with Gasteiger partial charge in [0.25, 0.3) is 5.91 Å². The summed E-state index contributed by atoms with van der Waals surface area (Å²) in [5.41, 5.74) is 3.46. The van der Waals surface area contributed by atoms with Gasteiger partial charge in [0.15, 0.2) is 0 Å². The fourth-order valence-corrected chi connectivity index (χ4v) is 5.85. The van der Waals surface area contributed by atoms with Crippen LogP contribution in [0.25, 0.3) is 0 Å². The van der Waals surface area contributed by atoms with Crippen molar-refractivity contribution in [3.8, 4) is 0 Å². The van der Waals surface area contributed by atoms with E-state index in [1.807, 2.05) is 31.2 Å². The highest BCUT2D eigenvalue weighted by atomic mass is 35.5. The molecule has 0 saturated carbocycles. The predicted molar refractivity (Wildman–Crippen MR) is 139 cm³/mol. The standard InChI is InChI=1S/C26H27Cl2N3O3S/c1-19-2-10-24(11-3-19)35(33,34)31-14-12-30(13-15-31)18-20-4-6-21(7-5-20)26(32)29-17-22-8-9-23(27)16-25(22)28/h2-11,16H,12-15,17-18H2,1H3,(H,29,32). The number of nitrogens with one attached hydrogen (secondary N) is 1. The van der Waals surface area contributed by atoms with Crippen molar-refractivity contribution in [3.63, 3.8) is 0 Å². The second-order valence-corrected chi connectivity index (χ2v) is 11.4. The smallest absolute Gasteiger partial charge is 0.251 e. The Kier molecular flexibility index (Phi) is 8.14. The fourth-order valence-electron chi connectivity index (χ4n) is 3.95. The zero-order chi connectivity index (χ0) is 25.0. The van der Waals surface area contributed by atoms with Crippen LogP contribution in [-0.2, 0) is 23.1 Å². The monoisotopic (exact) mass is 531 g/mol. The van der Waals surface area contributed by atoms with Crippen LogP contribution in [-0.4, -0.2) is 49.7 Å². The molecule has 1 fully saturated rings. The molecule has 0 spiro atoms. The molecule has 35 heavy (non-hydrogen) atoms. The number of carbonyl (C=O) groups is 1. The highest BCUT2D eigenvalue weighted by molar-refractivity contribution is 7.89. The lowest BCUT2D eigenvalue weighted by atomic mass is 10.1. The minimum atomic E-state index is -3.47. The molecule has 0 atom stereocenters. The van der Waals surface area contributed by atoms with E-state index >= 15 is 0 Å². The fraction of sp³-hybridized carbons (Fsp3) is 0.269. The minimum Gasteiger partial charge on any atom is -0.348 e. The van der Waals surface area contributed by atoms with E-state index in [0.29, 0.717) is 59.8 Å². The number of benzene rings is 3. The lowest BCUT2D eigenvalue weighted by molar-refractivity contribution is 0.0951. The maximum absolute atomic E-state index is 12.9. The maximum Gasteiger partial charge on any atom is 0.251 e. The average molecular weight is 532 g/mol. The van der Waals surface area contributed by atoms with Gasteiger partial charge < -0.3 is 5.32 Å². The van der Waals surface area contributed by atoms with Crippen LogP contribution >= 0.6 is 23.2 Å². The molecule has 0 aromatic heterocycles. The van der Waals surface area contributed by atoms with Crippen LogP contribution in [0.3, 0.4) is 0 Å². The van der Waals surface area contributed by atoms with Gasteiger partial charge in [0.05, 0.1) is 4.90 Å². The van der Waals surface area contributed by atoms with Crippen molar-refractivity contribution in [2.45, 2.75) is 24.9 Å². The molecule has 1 aliphatic heterocycles. The molecule has 9 heteroatoms. The van der Waals surface area contributed by atoms with Crippen LogP contribution in [0, 0.1) is 6.92 Å². The first-order valence-corrected chi connectivity index (χ1v) is 13.5. The summed E-state index contributed by atoms with van der Waals surface area (Å²) in [6, 6.07) is 19.6. The summed E-state index contributed by atoms with van der Waals surface area (Å²) in [5, 5.41) is 3.94. The molecule has 0 radical (unpaired) electrons. The Morgan fingerprint density at radius 3 is 2.20 bits per heavy atom. The Morgan fingerprint density at radius 2 is 1.57 bits per heavy atom. The van der Waals surface area contributed by atoms with Crippen molar-refractivity contribution < 1.29 is 13.2 Å². The molecule has 6 nitrogen and oxygen atoms in total. The lowest BCUT2D eigenvalue weighted by Crippen LogP contribution is -2.48. The molecule has 0 unspecified atom stereocenters. The number of rotatable bonds is 7. The zero-order valence-corrected chi connectivity index (χ0v) is 21.7. The molecule has 1 N–H and O–H groups in total. The quantitative estimate of drug-likeness (QED) is 0.478. The summed E-state index contributed by atoms with van der Waals surface area (Å²) in [6.45, 7) is 5.14. The van der Waals surface area contributed by atoms with Crippen LogP contribution in [0.5, 0.6) is 0 Å². The summed E-state index contributed by atoms with van der Waals surface area (Å²) in [4.78, 5) is 15.1. The van der Waals surface area contributed by atoms with E-state index in [1.54, 1.807) is 46.8 Å². The van der Waals surface area contributed by atoms with E-state index in [4.69, 9.17) is 23.2 Å². The number of halogens is 2. The SMILES string of the molecule is Cc1ccc(S(=O)(=O)N2CCN(Cc3ccc(C(=O)NCc4ccc(Cl)cc4Cl)cc3)CC2)cc1. The number of sulfonamides is 1. The van der Waals surface area contributed by atoms with Gasteiger partial charge in [-0.1, -0.05) is 59.1 Å². The Labute approximate surface area is 216 Å². The van der Waals surface area contributed by atoms with E-state index in [9.17, 15) is 13.2 Å². The van der Waals surface area contributed by atoms with Gasteiger partial charge in [-0.3, -0.25) is 9.69 Å². The van der Waals surface area contributed by atoms with E-state index in [0.717, 1.165) is 16.7 Å². The van der Waals surface area contributed by atoms with Crippen LogP contribution in [0.1, 0.15) is 27.0 Å². The molecular formula is C26H27Cl2N3O3S. The summed E-state index contributed by atoms with van der Waals surface area (Å²) < 4.78 is 27.3. The number of hydrogen-bond donors (Lipinski definition) is 1. The van der Waals surface area contributed by atoms with Crippen molar-refractivity contribution in [3.05, 3.63) is 99.0 Å². The Morgan fingerprint density at radius 1 is 0.914 bits per heavy atom. The van der Waals surface area contributed by atoms with E-state index in [2.05, 4.69) is 10.2 Å². The number of aryl methyl sites for hydroxylation is 1. The third-order valence-corrected chi connectivity index (χ3v) is 8.57. The third kappa shape index (κ3) is 6.42. The summed E-state index contributed by atoms with van der Waals surface area (Å²) >= 11 is 12.1. The molecule has 0 bridgehead atoms. The molecular weight excluding hydrogens is 505 g/mol. The normalized spacial score (nSPS) is 15.2. The molecule has 4 rings (SSSR count). The summed E-state index contributed by atoms with van der Waals surface area (Å²) in [7, 11) is -3.47. The van der Waals surface area contributed by atoms with E-state index in [1.165, 1.54) is 0 Å². The lowest BCUT2D eigenvalue weighted by Gasteiger charge is -2.34. The summed E-state index contributed by atoms with van der Waals surface area (Å²) in [5.74, 6) is -0.183. The van der Waals surface area contributed by atoms with Crippen molar-refractivity contribution in [2.75, 3.05) is 26.2 Å². The molecule has 184 valence electrons. The molecule has 1 aliphatic rings. The second kappa shape index (κ2) is 11.1. The van der Waals surface area contributed by atoms with Crippen molar-refractivity contribution in [1.82, 2.24) is 14.5 Å². The second-order valence-electron chi connectivity index (χ2n) is 8.61. The Balaban J connectivity index is 1.28. The van der Waals surface area contributed by atoms with Gasteiger partial charge in [-0.15, -0.1) is 0 Å². The van der Waals surface area contributed by atoms with E-state index < -0.39 is 10.0 Å². The molecule has 1 heterocycles. The highest BCUT2D eigenvalue weighted by Gasteiger charge is 2.28. The maximum atomic E-state index is 12.9. The van der Waals surface area contributed by atoms with Crippen LogP contribution in [0.2, 0.25) is 10.0 Å². The van der Waals surface area contributed by atoms with Gasteiger partial charge in [0.2, 0.25) is 10.0 Å². The third-order valence-electron chi connectivity index (χ3n) is 6.07. The predicted octanol–water partition coefficient (Wildman–Crippen LogP) is 4.74. The molecule has 0 aliphatic carbocycles. The van der Waals surface area contributed by atoms with Crippen LogP contribution < -0.4 is 5.32 Å². The Bertz CT molecular complexity index is 1290. The number of piperazine rings is 1. The average Bonchev–Trinajstić information content (AvgIpc) is 2.84. The first kappa shape index (κ1) is 25.7. The summed E-state index contributed by atoms with van der Waals surface area (Å²) in [6.07, 6.45) is 0. The number of nitrogens with zero attached hydrogens (tertiary/aromatic N) is 2. The van der Waals surface area contributed by atoms with Crippen molar-refractivity contribution in [1.29, 1.82) is 0 Å². The minimum absolute atomic E-state index is 0.183. The van der Waals surface area contributed by atoms with Crippen LogP contribution in [0.15, 0.2) is 71.6 Å². The molecule has 1 saturated heterocycles. The zero-order valence-electron chi connectivity index (χ0n) is 19.4. The first-order chi connectivity index (χ1) is 16.7. The first-order valence-electron chi connectivity index (χ1n) is 11.3. The largest absolute Gasteiger partial charge is 0.348 e. The van der Waals surface area contributed by atoms with Gasteiger partial charge in [-0.2, -0.15) is 4.31 Å². The topological polar surface area (TPSA) is 69.7 Å². The number of hydrogen-bond acceptors (Lipinski definition) is 4. The van der Waals surface area contributed by atoms with Gasteiger partial charge in [0, 0.05) is 54.9 Å². The number of carbonyl (C=O) groups excluding carboxylic acids is 1. The Hall–Kier alpha value is -2.42. The van der Waals surface area contributed by atoms with Gasteiger partial charge >= 0.3 is 0 Å². The van der Waals surface area contributed by atoms with Crippen molar-refractivity contribution in [2.24, 2.45) is 0 Å². The van der Waals surface area contributed by atoms with E-state index in [-0.39, 0.29) is 5.91 Å². The molecule has 1 amide bonds. The van der Waals surface area contributed by atoms with Crippen LogP contribution in [0.4, 0.5) is 0 Å². The molecule has 3 aromatic rings. The van der Waals surface area contributed by atoms with Crippen molar-refractivity contribution >= 4 is 39.1 Å². The highest BCUT2D eigenvalue weighted by Crippen LogP contribution is 2.21. The molecule has 3 aromatic carbocycles. The van der Waals surface area contributed by atoms with Gasteiger partial charge in [-0.05, 0) is 54.4 Å². The van der Waals surface area contributed by atoms with Gasteiger partial charge in [-0.25, -0.2) is 8.42 Å². The number of amides is 1.